The highest BCUT2D eigenvalue weighted by Gasteiger charge is 2.33. The Hall–Kier alpha value is -3.12. The monoisotopic (exact) mass is 480 g/mol. The zero-order valence-electron chi connectivity index (χ0n) is 15.5. The summed E-state index contributed by atoms with van der Waals surface area (Å²) in [6, 6.07) is 3.12. The molecule has 0 saturated heterocycles. The van der Waals surface area contributed by atoms with Gasteiger partial charge in [0, 0.05) is 12.3 Å². The molecule has 1 aromatic carbocycles. The maximum absolute atomic E-state index is 12.7. The molecule has 1 heterocycles. The minimum Gasteiger partial charge on any atom is -0.451 e. The molecule has 1 unspecified atom stereocenters. The average molecular weight is 481 g/mol. The van der Waals surface area contributed by atoms with Crippen LogP contribution in [0.2, 0.25) is 10.0 Å². The summed E-state index contributed by atoms with van der Waals surface area (Å²) < 4.78 is 43.1. The van der Waals surface area contributed by atoms with Gasteiger partial charge in [0.1, 0.15) is 12.2 Å². The summed E-state index contributed by atoms with van der Waals surface area (Å²) >= 11 is 11.6. The van der Waals surface area contributed by atoms with E-state index in [1.807, 2.05) is 0 Å². The smallest absolute Gasteiger partial charge is 0.416 e. The lowest BCUT2D eigenvalue weighted by Gasteiger charge is -2.14. The normalized spacial score (nSPS) is 12.1. The Bertz CT molecular complexity index is 1020. The van der Waals surface area contributed by atoms with E-state index < -0.39 is 46.9 Å². The van der Waals surface area contributed by atoms with Crippen LogP contribution in [0.1, 0.15) is 12.5 Å². The Morgan fingerprint density at radius 1 is 1.29 bits per heavy atom. The lowest BCUT2D eigenvalue weighted by molar-refractivity contribution is -0.384. The Balaban J connectivity index is 1.98. The molecule has 14 heteroatoms. The summed E-state index contributed by atoms with van der Waals surface area (Å²) in [7, 11) is 0. The number of esters is 1. The van der Waals surface area contributed by atoms with Crippen molar-refractivity contribution in [1.29, 1.82) is 0 Å². The second kappa shape index (κ2) is 9.79. The van der Waals surface area contributed by atoms with Crippen LogP contribution in [0.25, 0.3) is 0 Å². The number of nitrogens with zero attached hydrogens (tertiary/aromatic N) is 2. The molecule has 1 amide bonds. The van der Waals surface area contributed by atoms with Crippen LogP contribution in [0.5, 0.6) is 0 Å². The van der Waals surface area contributed by atoms with Crippen LogP contribution in [0.3, 0.4) is 0 Å². The quantitative estimate of drug-likeness (QED) is 0.344. The summed E-state index contributed by atoms with van der Waals surface area (Å²) in [6.45, 7) is 0.599. The topological polar surface area (TPSA) is 123 Å². The number of alkyl halides is 3. The number of carbonyl (C=O) groups is 2. The third kappa shape index (κ3) is 6.69. The number of nitro groups is 1. The number of halogens is 5. The minimum atomic E-state index is -4.77. The van der Waals surface area contributed by atoms with Crippen LogP contribution in [-0.2, 0) is 20.5 Å². The molecule has 0 bridgehead atoms. The fourth-order valence-corrected chi connectivity index (χ4v) is 2.62. The molecule has 9 nitrogen and oxygen atoms in total. The number of nitro benzene ring substituents is 1. The maximum Gasteiger partial charge on any atom is 0.416 e. The fraction of sp³-hybridized carbons (Fsp3) is 0.235. The molecule has 31 heavy (non-hydrogen) atoms. The third-order valence-corrected chi connectivity index (χ3v) is 4.17. The number of amides is 1. The molecule has 0 aliphatic carbocycles. The van der Waals surface area contributed by atoms with Gasteiger partial charge in [-0.15, -0.1) is 0 Å². The maximum atomic E-state index is 12.7. The predicted octanol–water partition coefficient (Wildman–Crippen LogP) is 4.30. The van der Waals surface area contributed by atoms with Gasteiger partial charge < -0.3 is 15.4 Å². The molecule has 1 atom stereocenters. The van der Waals surface area contributed by atoms with Crippen LogP contribution >= 0.6 is 23.2 Å². The zero-order valence-corrected chi connectivity index (χ0v) is 17.0. The molecule has 0 saturated carbocycles. The number of carbonyl (C=O) groups excluding carboxylic acids is 2. The van der Waals surface area contributed by atoms with Crippen LogP contribution in [0.4, 0.5) is 30.4 Å². The van der Waals surface area contributed by atoms with Crippen molar-refractivity contribution in [3.63, 3.8) is 0 Å². The molecule has 0 aliphatic heterocycles. The summed E-state index contributed by atoms with van der Waals surface area (Å²) in [5.41, 5.74) is -2.42. The summed E-state index contributed by atoms with van der Waals surface area (Å²) in [5, 5.41) is 16.0. The van der Waals surface area contributed by atoms with Gasteiger partial charge in [-0.1, -0.05) is 23.2 Å². The van der Waals surface area contributed by atoms with Crippen molar-refractivity contribution < 1.29 is 32.4 Å². The molecule has 0 aliphatic rings. The molecule has 2 N–H and O–H groups in total. The second-order valence-electron chi connectivity index (χ2n) is 5.95. The van der Waals surface area contributed by atoms with Crippen molar-refractivity contribution in [1.82, 2.24) is 4.98 Å². The zero-order chi connectivity index (χ0) is 23.3. The van der Waals surface area contributed by atoms with Crippen LogP contribution in [0, 0.1) is 10.1 Å². The molecule has 0 fully saturated rings. The number of rotatable bonds is 7. The molecule has 166 valence electrons. The first-order chi connectivity index (χ1) is 14.4. The Labute approximate surface area is 182 Å². The van der Waals surface area contributed by atoms with Crippen molar-refractivity contribution in [3.8, 4) is 0 Å². The number of benzene rings is 1. The van der Waals surface area contributed by atoms with Crippen LogP contribution in [-0.4, -0.2) is 34.4 Å². The third-order valence-electron chi connectivity index (χ3n) is 3.67. The van der Waals surface area contributed by atoms with E-state index in [1.165, 1.54) is 19.2 Å². The largest absolute Gasteiger partial charge is 0.451 e. The highest BCUT2D eigenvalue weighted by Crippen LogP contribution is 2.34. The number of pyridine rings is 1. The van der Waals surface area contributed by atoms with Gasteiger partial charge in [0.15, 0.2) is 11.9 Å². The van der Waals surface area contributed by atoms with E-state index in [4.69, 9.17) is 27.9 Å². The van der Waals surface area contributed by atoms with Gasteiger partial charge >= 0.3 is 12.1 Å². The van der Waals surface area contributed by atoms with Crippen LogP contribution < -0.4 is 10.6 Å². The van der Waals surface area contributed by atoms with E-state index in [1.54, 1.807) is 0 Å². The van der Waals surface area contributed by atoms with Crippen molar-refractivity contribution in [2.45, 2.75) is 19.2 Å². The highest BCUT2D eigenvalue weighted by molar-refractivity contribution is 6.36. The Kier molecular flexibility index (Phi) is 7.63. The first kappa shape index (κ1) is 24.2. The molecule has 2 rings (SSSR count). The number of anilines is 2. The molecule has 2 aromatic rings. The van der Waals surface area contributed by atoms with E-state index in [2.05, 4.69) is 15.6 Å². The van der Waals surface area contributed by atoms with E-state index in [0.29, 0.717) is 12.1 Å². The van der Waals surface area contributed by atoms with Crippen molar-refractivity contribution in [2.24, 2.45) is 0 Å². The standard InChI is InChI=1S/C17H13Cl2F3N4O5/c1-8(16(28)25-15-11(19)5-10(18)6-24-15)31-14(27)7-23-12-3-2-9(17(20,21)22)4-13(12)26(29)30/h2-6,8,23H,7H2,1H3,(H,24,25,28). The van der Waals surface area contributed by atoms with E-state index in [9.17, 15) is 32.9 Å². The predicted molar refractivity (Wildman–Crippen MR) is 105 cm³/mol. The van der Waals surface area contributed by atoms with Crippen molar-refractivity contribution >= 4 is 52.3 Å². The van der Waals surface area contributed by atoms with Crippen molar-refractivity contribution in [3.05, 3.63) is 56.2 Å². The van der Waals surface area contributed by atoms with E-state index in [0.717, 1.165) is 6.07 Å². The Morgan fingerprint density at radius 2 is 1.97 bits per heavy atom. The van der Waals surface area contributed by atoms with E-state index in [-0.39, 0.29) is 21.6 Å². The molecular weight excluding hydrogens is 468 g/mol. The lowest BCUT2D eigenvalue weighted by Crippen LogP contribution is -2.32. The average Bonchev–Trinajstić information content (AvgIpc) is 2.67. The van der Waals surface area contributed by atoms with Gasteiger partial charge in [-0.25, -0.2) is 4.98 Å². The number of hydrogen-bond acceptors (Lipinski definition) is 7. The van der Waals surface area contributed by atoms with Gasteiger partial charge in [-0.2, -0.15) is 13.2 Å². The fourth-order valence-electron chi connectivity index (χ4n) is 2.19. The van der Waals surface area contributed by atoms with E-state index >= 15 is 0 Å². The number of nitrogens with one attached hydrogen (secondary N) is 2. The number of ether oxygens (including phenoxy) is 1. The van der Waals surface area contributed by atoms with Gasteiger partial charge in [0.05, 0.1) is 20.5 Å². The van der Waals surface area contributed by atoms with Gasteiger partial charge in [-0.3, -0.25) is 19.7 Å². The summed E-state index contributed by atoms with van der Waals surface area (Å²) in [6.07, 6.45) is -4.83. The van der Waals surface area contributed by atoms with Gasteiger partial charge in [0.25, 0.3) is 11.6 Å². The van der Waals surface area contributed by atoms with Crippen LogP contribution in [0.15, 0.2) is 30.5 Å². The number of aromatic nitrogens is 1. The van der Waals surface area contributed by atoms with Gasteiger partial charge in [0.2, 0.25) is 0 Å². The highest BCUT2D eigenvalue weighted by atomic mass is 35.5. The van der Waals surface area contributed by atoms with Gasteiger partial charge in [-0.05, 0) is 25.1 Å². The Morgan fingerprint density at radius 3 is 2.55 bits per heavy atom. The lowest BCUT2D eigenvalue weighted by atomic mass is 10.1. The molecular formula is C17H13Cl2F3N4O5. The SMILES string of the molecule is CC(OC(=O)CNc1ccc(C(F)(F)F)cc1[N+](=O)[O-])C(=O)Nc1ncc(Cl)cc1Cl. The summed E-state index contributed by atoms with van der Waals surface area (Å²) in [4.78, 5) is 37.9. The number of hydrogen-bond donors (Lipinski definition) is 2. The first-order valence-electron chi connectivity index (χ1n) is 8.29. The first-order valence-corrected chi connectivity index (χ1v) is 9.05. The minimum absolute atomic E-state index is 0.0162. The second-order valence-corrected chi connectivity index (χ2v) is 6.79. The molecule has 0 spiro atoms. The molecule has 0 radical (unpaired) electrons. The van der Waals surface area contributed by atoms with Crippen molar-refractivity contribution in [2.75, 3.05) is 17.2 Å². The molecule has 1 aromatic heterocycles. The summed E-state index contributed by atoms with van der Waals surface area (Å²) in [5.74, 6) is -1.78.